The van der Waals surface area contributed by atoms with E-state index in [1.165, 1.54) is 11.3 Å². The zero-order chi connectivity index (χ0) is 21.8. The molecule has 0 spiro atoms. The van der Waals surface area contributed by atoms with Gasteiger partial charge in [-0.2, -0.15) is 5.26 Å². The topological polar surface area (TPSA) is 115 Å². The number of ether oxygens (including phenoxy) is 3. The average Bonchev–Trinajstić information content (AvgIpc) is 3.36. The number of hydrogen-bond acceptors (Lipinski definition) is 8. The second kappa shape index (κ2) is 9.18. The zero-order valence-electron chi connectivity index (χ0n) is 16.7. The van der Waals surface area contributed by atoms with Gasteiger partial charge in [0.2, 0.25) is 0 Å². The molecule has 8 nitrogen and oxygen atoms in total. The van der Waals surface area contributed by atoms with Crippen molar-refractivity contribution >= 4 is 34.0 Å². The van der Waals surface area contributed by atoms with Gasteiger partial charge in [-0.15, -0.1) is 11.3 Å². The van der Waals surface area contributed by atoms with Gasteiger partial charge in [-0.25, -0.2) is 0 Å². The Morgan fingerprint density at radius 2 is 1.94 bits per heavy atom. The largest absolute Gasteiger partial charge is 0.486 e. The Bertz CT molecular complexity index is 1080. The van der Waals surface area contributed by atoms with E-state index >= 15 is 0 Å². The number of carbonyl (C=O) groups excluding carboxylic acids is 3. The van der Waals surface area contributed by atoms with Crippen molar-refractivity contribution in [1.82, 2.24) is 0 Å². The van der Waals surface area contributed by atoms with Crippen LogP contribution in [-0.2, 0) is 27.2 Å². The first-order chi connectivity index (χ1) is 15.0. The molecule has 0 saturated heterocycles. The van der Waals surface area contributed by atoms with E-state index in [1.54, 1.807) is 18.2 Å². The summed E-state index contributed by atoms with van der Waals surface area (Å²) in [7, 11) is 0. The average molecular weight is 440 g/mol. The lowest BCUT2D eigenvalue weighted by molar-refractivity contribution is -0.147. The van der Waals surface area contributed by atoms with Gasteiger partial charge in [-0.3, -0.25) is 14.4 Å². The fourth-order valence-corrected chi connectivity index (χ4v) is 4.82. The van der Waals surface area contributed by atoms with E-state index in [2.05, 4.69) is 11.4 Å². The van der Waals surface area contributed by atoms with Gasteiger partial charge >= 0.3 is 5.97 Å². The molecule has 160 valence electrons. The smallest absolute Gasteiger partial charge is 0.306 e. The van der Waals surface area contributed by atoms with E-state index in [0.29, 0.717) is 40.8 Å². The van der Waals surface area contributed by atoms with Crippen LogP contribution in [0.1, 0.15) is 45.6 Å². The van der Waals surface area contributed by atoms with Crippen molar-refractivity contribution in [3.8, 4) is 17.6 Å². The number of rotatable bonds is 7. The number of thiophene rings is 1. The Morgan fingerprint density at radius 3 is 2.74 bits per heavy atom. The summed E-state index contributed by atoms with van der Waals surface area (Å²) in [6, 6.07) is 7.04. The van der Waals surface area contributed by atoms with Gasteiger partial charge in [0.25, 0.3) is 5.91 Å². The predicted octanol–water partition coefficient (Wildman–Crippen LogP) is 3.02. The second-order valence-electron chi connectivity index (χ2n) is 7.16. The first-order valence-electron chi connectivity index (χ1n) is 9.98. The molecule has 1 aromatic heterocycles. The molecular formula is C22H20N2O6S. The summed E-state index contributed by atoms with van der Waals surface area (Å²) in [5, 5.41) is 12.5. The highest BCUT2D eigenvalue weighted by molar-refractivity contribution is 7.16. The molecule has 4 rings (SSSR count). The van der Waals surface area contributed by atoms with Crippen LogP contribution >= 0.6 is 11.3 Å². The van der Waals surface area contributed by atoms with E-state index in [0.717, 1.165) is 29.7 Å². The highest BCUT2D eigenvalue weighted by Crippen LogP contribution is 2.38. The van der Waals surface area contributed by atoms with Gasteiger partial charge in [-0.05, 0) is 43.0 Å². The van der Waals surface area contributed by atoms with Gasteiger partial charge in [0, 0.05) is 16.9 Å². The van der Waals surface area contributed by atoms with Crippen LogP contribution in [0.25, 0.3) is 0 Å². The Hall–Kier alpha value is -3.38. The molecule has 0 unspecified atom stereocenters. The molecule has 1 amide bonds. The number of Topliss-reactive ketones (excluding diaryl/α,β-unsaturated/α-hetero) is 1. The lowest BCUT2D eigenvalue weighted by atomic mass is 10.1. The minimum atomic E-state index is -0.643. The third kappa shape index (κ3) is 4.70. The Kier molecular flexibility index (Phi) is 6.18. The van der Waals surface area contributed by atoms with Crippen LogP contribution in [0.2, 0.25) is 0 Å². The lowest BCUT2D eigenvalue weighted by Gasteiger charge is -2.18. The van der Waals surface area contributed by atoms with Crippen molar-refractivity contribution < 1.29 is 28.6 Å². The number of nitrogens with one attached hydrogen (secondary N) is 1. The van der Waals surface area contributed by atoms with Gasteiger partial charge in [0.05, 0.1) is 12.0 Å². The molecule has 31 heavy (non-hydrogen) atoms. The van der Waals surface area contributed by atoms with E-state index in [4.69, 9.17) is 14.2 Å². The summed E-state index contributed by atoms with van der Waals surface area (Å²) in [4.78, 5) is 37.5. The number of benzene rings is 1. The SMILES string of the molecule is N#Cc1c(NC(=O)COC(=O)CCC(=O)c2ccc3c(c2)OCCO3)sc2c1CCC2. The molecule has 1 aliphatic heterocycles. The first kappa shape index (κ1) is 20.9. The van der Waals surface area contributed by atoms with Crippen molar-refractivity contribution in [2.45, 2.75) is 32.1 Å². The van der Waals surface area contributed by atoms with Crippen LogP contribution in [0.4, 0.5) is 5.00 Å². The maximum absolute atomic E-state index is 12.3. The molecular weight excluding hydrogens is 420 g/mol. The summed E-state index contributed by atoms with van der Waals surface area (Å²) >= 11 is 1.40. The van der Waals surface area contributed by atoms with Crippen LogP contribution in [0, 0.1) is 11.3 Å². The molecule has 2 heterocycles. The third-order valence-electron chi connectivity index (χ3n) is 5.07. The molecule has 1 aromatic carbocycles. The van der Waals surface area contributed by atoms with Gasteiger partial charge in [0.15, 0.2) is 23.9 Å². The van der Waals surface area contributed by atoms with Crippen LogP contribution in [0.15, 0.2) is 18.2 Å². The summed E-state index contributed by atoms with van der Waals surface area (Å²) in [6.07, 6.45) is 2.59. The first-order valence-corrected chi connectivity index (χ1v) is 10.8. The number of carbonyl (C=O) groups is 3. The number of nitriles is 1. The second-order valence-corrected chi connectivity index (χ2v) is 8.27. The Labute approximate surface area is 182 Å². The van der Waals surface area contributed by atoms with Crippen molar-refractivity contribution in [3.63, 3.8) is 0 Å². The van der Waals surface area contributed by atoms with Crippen LogP contribution in [0.3, 0.4) is 0 Å². The van der Waals surface area contributed by atoms with Crippen LogP contribution < -0.4 is 14.8 Å². The molecule has 0 saturated carbocycles. The number of fused-ring (bicyclic) bond motifs is 2. The van der Waals surface area contributed by atoms with Crippen LogP contribution in [0.5, 0.6) is 11.5 Å². The molecule has 9 heteroatoms. The monoisotopic (exact) mass is 440 g/mol. The number of hydrogen-bond donors (Lipinski definition) is 1. The molecule has 1 aliphatic carbocycles. The van der Waals surface area contributed by atoms with Crippen LogP contribution in [-0.4, -0.2) is 37.5 Å². The summed E-state index contributed by atoms with van der Waals surface area (Å²) in [5.74, 6) is -0.292. The van der Waals surface area contributed by atoms with Crippen molar-refractivity contribution in [2.75, 3.05) is 25.1 Å². The molecule has 1 N–H and O–H groups in total. The Balaban J connectivity index is 1.24. The minimum Gasteiger partial charge on any atom is -0.486 e. The molecule has 0 atom stereocenters. The van der Waals surface area contributed by atoms with Crippen molar-refractivity contribution in [1.29, 1.82) is 5.26 Å². The number of nitrogens with zero attached hydrogens (tertiary/aromatic N) is 1. The molecule has 0 fully saturated rings. The number of anilines is 1. The van der Waals surface area contributed by atoms with Gasteiger partial charge < -0.3 is 19.5 Å². The Morgan fingerprint density at radius 1 is 1.13 bits per heavy atom. The maximum atomic E-state index is 12.3. The molecule has 0 radical (unpaired) electrons. The third-order valence-corrected chi connectivity index (χ3v) is 6.28. The molecule has 0 bridgehead atoms. The fraction of sp³-hybridized carbons (Fsp3) is 0.364. The highest BCUT2D eigenvalue weighted by Gasteiger charge is 2.23. The summed E-state index contributed by atoms with van der Waals surface area (Å²) in [6.45, 7) is 0.416. The quantitative estimate of drug-likeness (QED) is 0.520. The van der Waals surface area contributed by atoms with Crippen molar-refractivity contribution in [3.05, 3.63) is 39.8 Å². The van der Waals surface area contributed by atoms with E-state index < -0.39 is 18.5 Å². The number of ketones is 1. The van der Waals surface area contributed by atoms with E-state index in [9.17, 15) is 19.6 Å². The van der Waals surface area contributed by atoms with E-state index in [-0.39, 0.29) is 18.6 Å². The molecule has 2 aromatic rings. The van der Waals surface area contributed by atoms with E-state index in [1.807, 2.05) is 0 Å². The van der Waals surface area contributed by atoms with Gasteiger partial charge in [-0.1, -0.05) is 0 Å². The molecule has 2 aliphatic rings. The predicted molar refractivity (Wildman–Crippen MR) is 112 cm³/mol. The van der Waals surface area contributed by atoms with Crippen molar-refractivity contribution in [2.24, 2.45) is 0 Å². The lowest BCUT2D eigenvalue weighted by Crippen LogP contribution is -2.21. The minimum absolute atomic E-state index is 0.0453. The summed E-state index contributed by atoms with van der Waals surface area (Å²) in [5.41, 5.74) is 1.93. The highest BCUT2D eigenvalue weighted by atomic mass is 32.1. The summed E-state index contributed by atoms with van der Waals surface area (Å²) < 4.78 is 15.9. The zero-order valence-corrected chi connectivity index (χ0v) is 17.5. The standard InChI is InChI=1S/C22H20N2O6S/c23-11-15-14-2-1-3-19(14)31-22(15)24-20(26)12-30-21(27)7-5-16(25)13-4-6-17-18(10-13)29-9-8-28-17/h4,6,10H,1-3,5,7-9,12H2,(H,24,26). The number of aryl methyl sites for hydroxylation is 1. The fourth-order valence-electron chi connectivity index (χ4n) is 3.57. The maximum Gasteiger partial charge on any atom is 0.306 e. The normalized spacial score (nSPS) is 13.8. The number of esters is 1. The van der Waals surface area contributed by atoms with Gasteiger partial charge in [0.1, 0.15) is 24.3 Å². The number of amides is 1.